The van der Waals surface area contributed by atoms with Crippen LogP contribution >= 0.6 is 0 Å². The SMILES string of the molecule is Cc1c(C)n(Cc2ccc(/C=C/C(=O)NO)cc2)c(=O)[nH]c1=O. The third kappa shape index (κ3) is 3.83. The van der Waals surface area contributed by atoms with E-state index in [4.69, 9.17) is 5.21 Å². The van der Waals surface area contributed by atoms with Crippen molar-refractivity contribution in [3.8, 4) is 0 Å². The van der Waals surface area contributed by atoms with Gasteiger partial charge in [-0.25, -0.2) is 10.3 Å². The minimum Gasteiger partial charge on any atom is -0.293 e. The molecule has 0 unspecified atom stereocenters. The lowest BCUT2D eigenvalue weighted by Crippen LogP contribution is -2.33. The maximum atomic E-state index is 11.9. The molecule has 3 N–H and O–H groups in total. The largest absolute Gasteiger partial charge is 0.328 e. The summed E-state index contributed by atoms with van der Waals surface area (Å²) in [6.07, 6.45) is 2.76. The van der Waals surface area contributed by atoms with Gasteiger partial charge in [0, 0.05) is 17.3 Å². The number of carbonyl (C=O) groups is 1. The molecule has 2 aromatic rings. The fourth-order valence-corrected chi connectivity index (χ4v) is 2.09. The van der Waals surface area contributed by atoms with Crippen LogP contribution in [0.15, 0.2) is 39.9 Å². The summed E-state index contributed by atoms with van der Waals surface area (Å²) >= 11 is 0. The first-order valence-electron chi connectivity index (χ1n) is 6.94. The first-order chi connectivity index (χ1) is 10.9. The highest BCUT2D eigenvalue weighted by Crippen LogP contribution is 2.08. The highest BCUT2D eigenvalue weighted by molar-refractivity contribution is 5.90. The van der Waals surface area contributed by atoms with Crippen LogP contribution in [0.3, 0.4) is 0 Å². The summed E-state index contributed by atoms with van der Waals surface area (Å²) in [5, 5.41) is 8.41. The predicted octanol–water partition coefficient (Wildman–Crippen LogP) is 0.720. The number of nitrogens with one attached hydrogen (secondary N) is 2. The molecule has 7 nitrogen and oxygen atoms in total. The molecule has 0 fully saturated rings. The van der Waals surface area contributed by atoms with E-state index >= 15 is 0 Å². The van der Waals surface area contributed by atoms with E-state index in [9.17, 15) is 14.4 Å². The van der Waals surface area contributed by atoms with Gasteiger partial charge in [-0.2, -0.15) is 0 Å². The van der Waals surface area contributed by atoms with Crippen LogP contribution in [0.4, 0.5) is 0 Å². The number of hydrogen-bond acceptors (Lipinski definition) is 4. The molecule has 1 aromatic carbocycles. The maximum absolute atomic E-state index is 11.9. The second-order valence-electron chi connectivity index (χ2n) is 5.11. The Hall–Kier alpha value is -2.93. The second-order valence-corrected chi connectivity index (χ2v) is 5.11. The Labute approximate surface area is 131 Å². The van der Waals surface area contributed by atoms with Gasteiger partial charge < -0.3 is 0 Å². The van der Waals surface area contributed by atoms with E-state index in [2.05, 4.69) is 4.98 Å². The van der Waals surface area contributed by atoms with E-state index in [0.29, 0.717) is 17.8 Å². The normalized spacial score (nSPS) is 10.9. The average molecular weight is 315 g/mol. The predicted molar refractivity (Wildman–Crippen MR) is 85.3 cm³/mol. The summed E-state index contributed by atoms with van der Waals surface area (Å²) in [6.45, 7) is 3.74. The number of H-pyrrole nitrogens is 1. The zero-order chi connectivity index (χ0) is 17.0. The molecular formula is C16H17N3O4. The van der Waals surface area contributed by atoms with Crippen LogP contribution in [0.1, 0.15) is 22.4 Å². The van der Waals surface area contributed by atoms with Crippen LogP contribution in [0, 0.1) is 13.8 Å². The zero-order valence-electron chi connectivity index (χ0n) is 12.8. The van der Waals surface area contributed by atoms with Crippen LogP contribution in [0.2, 0.25) is 0 Å². The molecule has 23 heavy (non-hydrogen) atoms. The molecular weight excluding hydrogens is 298 g/mol. The number of aromatic amines is 1. The molecule has 0 radical (unpaired) electrons. The molecule has 0 saturated heterocycles. The van der Waals surface area contributed by atoms with E-state index < -0.39 is 11.6 Å². The molecule has 0 aliphatic rings. The van der Waals surface area contributed by atoms with Crippen LogP contribution < -0.4 is 16.7 Å². The van der Waals surface area contributed by atoms with Crippen LogP contribution in [0.25, 0.3) is 6.08 Å². The standard InChI is InChI=1S/C16H17N3O4/c1-10-11(2)19(16(22)17-15(10)21)9-13-5-3-12(4-6-13)7-8-14(20)18-23/h3-8,23H,9H2,1-2H3,(H,18,20)(H,17,21,22)/b8-7+. The molecule has 2 rings (SSSR count). The zero-order valence-corrected chi connectivity index (χ0v) is 12.8. The topological polar surface area (TPSA) is 104 Å². The summed E-state index contributed by atoms with van der Waals surface area (Å²) in [7, 11) is 0. The quantitative estimate of drug-likeness (QED) is 0.439. The number of benzene rings is 1. The van der Waals surface area contributed by atoms with Gasteiger partial charge in [-0.1, -0.05) is 24.3 Å². The number of hydroxylamine groups is 1. The minimum absolute atomic E-state index is 0.337. The Balaban J connectivity index is 2.24. The smallest absolute Gasteiger partial charge is 0.293 e. The minimum atomic E-state index is -0.611. The van der Waals surface area contributed by atoms with E-state index in [-0.39, 0.29) is 5.56 Å². The maximum Gasteiger partial charge on any atom is 0.328 e. The average Bonchev–Trinajstić information content (AvgIpc) is 2.55. The lowest BCUT2D eigenvalue weighted by Gasteiger charge is -2.11. The monoisotopic (exact) mass is 315 g/mol. The molecule has 1 amide bonds. The van der Waals surface area contributed by atoms with Gasteiger partial charge in [0.2, 0.25) is 0 Å². The second kappa shape index (κ2) is 6.89. The first kappa shape index (κ1) is 16.4. The molecule has 0 bridgehead atoms. The van der Waals surface area contributed by atoms with Crippen molar-refractivity contribution in [2.75, 3.05) is 0 Å². The van der Waals surface area contributed by atoms with E-state index in [1.54, 1.807) is 32.1 Å². The molecule has 1 aromatic heterocycles. The molecule has 0 aliphatic carbocycles. The Bertz CT molecular complexity index is 860. The van der Waals surface area contributed by atoms with E-state index in [1.165, 1.54) is 16.1 Å². The number of carbonyl (C=O) groups excluding carboxylic acids is 1. The van der Waals surface area contributed by atoms with Gasteiger partial charge in [0.05, 0.1) is 6.54 Å². The van der Waals surface area contributed by atoms with Crippen LogP contribution in [-0.4, -0.2) is 20.7 Å². The van der Waals surface area contributed by atoms with E-state index in [1.807, 2.05) is 12.1 Å². The van der Waals surface area contributed by atoms with Gasteiger partial charge in [-0.15, -0.1) is 0 Å². The van der Waals surface area contributed by atoms with Crippen molar-refractivity contribution in [2.24, 2.45) is 0 Å². The molecule has 0 saturated carbocycles. The molecule has 1 heterocycles. The van der Waals surface area contributed by atoms with Crippen molar-refractivity contribution in [1.82, 2.24) is 15.0 Å². The Kier molecular flexibility index (Phi) is 4.92. The molecule has 0 spiro atoms. The van der Waals surface area contributed by atoms with Gasteiger partial charge >= 0.3 is 5.69 Å². The number of rotatable bonds is 4. The molecule has 120 valence electrons. The third-order valence-corrected chi connectivity index (χ3v) is 3.61. The fourth-order valence-electron chi connectivity index (χ4n) is 2.09. The van der Waals surface area contributed by atoms with Crippen LogP contribution in [-0.2, 0) is 11.3 Å². The summed E-state index contributed by atoms with van der Waals surface area (Å²) in [5.74, 6) is -0.611. The Morgan fingerprint density at radius 3 is 2.52 bits per heavy atom. The molecule has 0 atom stereocenters. The Morgan fingerprint density at radius 2 is 1.91 bits per heavy atom. The van der Waals surface area contributed by atoms with Crippen LogP contribution in [0.5, 0.6) is 0 Å². The van der Waals surface area contributed by atoms with Gasteiger partial charge in [0.25, 0.3) is 11.5 Å². The van der Waals surface area contributed by atoms with Crippen molar-refractivity contribution < 1.29 is 10.0 Å². The summed E-state index contributed by atoms with van der Waals surface area (Å²) in [5.41, 5.74) is 3.49. The number of nitrogens with zero attached hydrogens (tertiary/aromatic N) is 1. The van der Waals surface area contributed by atoms with Gasteiger partial charge in [-0.3, -0.25) is 24.3 Å². The van der Waals surface area contributed by atoms with Gasteiger partial charge in [-0.05, 0) is 31.1 Å². The highest BCUT2D eigenvalue weighted by atomic mass is 16.5. The summed E-state index contributed by atoms with van der Waals surface area (Å²) < 4.78 is 1.50. The number of amides is 1. The lowest BCUT2D eigenvalue weighted by molar-refractivity contribution is -0.124. The molecule has 0 aliphatic heterocycles. The third-order valence-electron chi connectivity index (χ3n) is 3.61. The lowest BCUT2D eigenvalue weighted by atomic mass is 10.1. The number of hydrogen-bond donors (Lipinski definition) is 3. The van der Waals surface area contributed by atoms with Crippen molar-refractivity contribution >= 4 is 12.0 Å². The van der Waals surface area contributed by atoms with Crippen molar-refractivity contribution in [3.63, 3.8) is 0 Å². The summed E-state index contributed by atoms with van der Waals surface area (Å²) in [6, 6.07) is 7.22. The first-order valence-corrected chi connectivity index (χ1v) is 6.94. The Morgan fingerprint density at radius 1 is 1.26 bits per heavy atom. The molecule has 7 heteroatoms. The van der Waals surface area contributed by atoms with Crippen molar-refractivity contribution in [2.45, 2.75) is 20.4 Å². The van der Waals surface area contributed by atoms with Crippen molar-refractivity contribution in [3.05, 3.63) is 73.6 Å². The highest BCUT2D eigenvalue weighted by Gasteiger charge is 2.07. The summed E-state index contributed by atoms with van der Waals surface area (Å²) in [4.78, 5) is 36.7. The van der Waals surface area contributed by atoms with Gasteiger partial charge in [0.15, 0.2) is 0 Å². The van der Waals surface area contributed by atoms with E-state index in [0.717, 1.165) is 11.1 Å². The van der Waals surface area contributed by atoms with Crippen molar-refractivity contribution in [1.29, 1.82) is 0 Å². The fraction of sp³-hybridized carbons (Fsp3) is 0.188. The van der Waals surface area contributed by atoms with Gasteiger partial charge in [0.1, 0.15) is 0 Å². The number of aromatic nitrogens is 2.